The largest absolute Gasteiger partial charge is 0.287 e. The van der Waals surface area contributed by atoms with Crippen LogP contribution in [-0.2, 0) is 5.75 Å². The number of hydrogen-bond donors (Lipinski definition) is 1. The Labute approximate surface area is 60.4 Å². The molecule has 1 aromatic rings. The van der Waals surface area contributed by atoms with Gasteiger partial charge in [-0.25, -0.2) is 0 Å². The van der Waals surface area contributed by atoms with Gasteiger partial charge in [0.05, 0.1) is 0 Å². The molecule has 44 valence electrons. The molecule has 0 amide bonds. The molecule has 4 heteroatoms. The molecule has 0 aromatic carbocycles. The van der Waals surface area contributed by atoms with Gasteiger partial charge < -0.3 is 0 Å². The van der Waals surface area contributed by atoms with E-state index in [9.17, 15) is 4.79 Å². The van der Waals surface area contributed by atoms with Crippen molar-refractivity contribution in [3.05, 3.63) is 19.1 Å². The molecule has 0 bridgehead atoms. The summed E-state index contributed by atoms with van der Waals surface area (Å²) in [6, 6.07) is 0. The van der Waals surface area contributed by atoms with Crippen molar-refractivity contribution in [1.29, 1.82) is 0 Å². The molecule has 0 aliphatic rings. The Morgan fingerprint density at radius 2 is 2.50 bits per heavy atom. The Morgan fingerprint density at radius 1 is 1.75 bits per heavy atom. The van der Waals surface area contributed by atoms with Crippen molar-refractivity contribution >= 4 is 35.3 Å². The first-order chi connectivity index (χ1) is 3.83. The van der Waals surface area contributed by atoms with Crippen LogP contribution in [0.4, 0.5) is 0 Å². The van der Waals surface area contributed by atoms with E-state index in [1.165, 1.54) is 22.7 Å². The zero-order valence-corrected chi connectivity index (χ0v) is 6.48. The van der Waals surface area contributed by atoms with Crippen LogP contribution in [0, 0.1) is 0 Å². The van der Waals surface area contributed by atoms with Gasteiger partial charge in [-0.1, -0.05) is 22.7 Å². The summed E-state index contributed by atoms with van der Waals surface area (Å²) in [5.74, 6) is 0.684. The Hall–Kier alpha value is 0.200. The first-order valence-corrected chi connectivity index (χ1v) is 4.34. The monoisotopic (exact) mass is 164 g/mol. The molecule has 0 saturated heterocycles. The Balaban J connectivity index is 3.01. The first kappa shape index (κ1) is 6.32. The summed E-state index contributed by atoms with van der Waals surface area (Å²) in [6.45, 7) is 0. The molecular formula is C4H4OS3. The third-order valence-corrected chi connectivity index (χ3v) is 3.19. The quantitative estimate of drug-likeness (QED) is 0.624. The van der Waals surface area contributed by atoms with E-state index in [4.69, 9.17) is 0 Å². The lowest BCUT2D eigenvalue weighted by atomic mass is 10.7. The smallest absolute Gasteiger partial charge is 0.265 e. The van der Waals surface area contributed by atoms with Crippen LogP contribution >= 0.6 is 35.3 Å². The van der Waals surface area contributed by atoms with Gasteiger partial charge in [0.25, 0.3) is 4.06 Å². The zero-order chi connectivity index (χ0) is 5.98. The van der Waals surface area contributed by atoms with Gasteiger partial charge >= 0.3 is 0 Å². The molecule has 0 saturated carbocycles. The lowest BCUT2D eigenvalue weighted by Gasteiger charge is -1.76. The maximum atomic E-state index is 10.5. The predicted octanol–water partition coefficient (Wildman–Crippen LogP) is 1.60. The van der Waals surface area contributed by atoms with E-state index in [0.29, 0.717) is 5.75 Å². The van der Waals surface area contributed by atoms with Crippen LogP contribution in [0.5, 0.6) is 0 Å². The van der Waals surface area contributed by atoms with Crippen LogP contribution in [0.1, 0.15) is 4.88 Å². The van der Waals surface area contributed by atoms with Gasteiger partial charge in [-0.15, -0.1) is 0 Å². The SMILES string of the molecule is O=c1scc(CS)s1. The van der Waals surface area contributed by atoms with Crippen LogP contribution in [-0.4, -0.2) is 0 Å². The average Bonchev–Trinajstić information content (AvgIpc) is 2.14. The number of thiol groups is 1. The normalized spacial score (nSPS) is 9.62. The predicted molar refractivity (Wildman–Crippen MR) is 41.2 cm³/mol. The highest BCUT2D eigenvalue weighted by molar-refractivity contribution is 7.79. The maximum absolute atomic E-state index is 10.5. The molecule has 0 spiro atoms. The summed E-state index contributed by atoms with van der Waals surface area (Å²) in [4.78, 5) is 11.5. The Morgan fingerprint density at radius 3 is 2.75 bits per heavy atom. The fourth-order valence-corrected chi connectivity index (χ4v) is 2.33. The molecule has 0 N–H and O–H groups in total. The average molecular weight is 164 g/mol. The highest BCUT2D eigenvalue weighted by Crippen LogP contribution is 2.08. The Kier molecular flexibility index (Phi) is 2.10. The van der Waals surface area contributed by atoms with E-state index < -0.39 is 0 Å². The van der Waals surface area contributed by atoms with Gasteiger partial charge in [-0.2, -0.15) is 12.6 Å². The summed E-state index contributed by atoms with van der Waals surface area (Å²) < 4.78 is 0.161. The van der Waals surface area contributed by atoms with Crippen LogP contribution in [0.15, 0.2) is 10.2 Å². The second-order valence-corrected chi connectivity index (χ2v) is 3.73. The molecule has 0 atom stereocenters. The Bertz CT molecular complexity index is 211. The van der Waals surface area contributed by atoms with Crippen molar-refractivity contribution in [2.75, 3.05) is 0 Å². The topological polar surface area (TPSA) is 17.1 Å². The van der Waals surface area contributed by atoms with E-state index in [-0.39, 0.29) is 4.06 Å². The molecule has 8 heavy (non-hydrogen) atoms. The van der Waals surface area contributed by atoms with Gasteiger partial charge in [0.2, 0.25) is 0 Å². The molecule has 1 rings (SSSR count). The summed E-state index contributed by atoms with van der Waals surface area (Å²) in [5.41, 5.74) is 0. The van der Waals surface area contributed by atoms with Crippen LogP contribution in [0.2, 0.25) is 0 Å². The fraction of sp³-hybridized carbons (Fsp3) is 0.250. The van der Waals surface area contributed by atoms with Crippen molar-refractivity contribution in [2.45, 2.75) is 5.75 Å². The molecule has 0 fully saturated rings. The number of rotatable bonds is 1. The highest BCUT2D eigenvalue weighted by atomic mass is 32.2. The van der Waals surface area contributed by atoms with Gasteiger partial charge in [0.15, 0.2) is 0 Å². The van der Waals surface area contributed by atoms with Gasteiger partial charge in [0.1, 0.15) is 0 Å². The highest BCUT2D eigenvalue weighted by Gasteiger charge is 1.91. The lowest BCUT2D eigenvalue weighted by molar-refractivity contribution is 1.59. The lowest BCUT2D eigenvalue weighted by Crippen LogP contribution is -1.74. The van der Waals surface area contributed by atoms with Gasteiger partial charge in [-0.05, 0) is 0 Å². The second kappa shape index (κ2) is 2.66. The van der Waals surface area contributed by atoms with Crippen LogP contribution in [0.3, 0.4) is 0 Å². The van der Waals surface area contributed by atoms with Crippen molar-refractivity contribution in [1.82, 2.24) is 0 Å². The van der Waals surface area contributed by atoms with Crippen molar-refractivity contribution in [2.24, 2.45) is 0 Å². The molecular weight excluding hydrogens is 160 g/mol. The molecule has 1 heterocycles. The van der Waals surface area contributed by atoms with Gasteiger partial charge in [0, 0.05) is 16.0 Å². The van der Waals surface area contributed by atoms with E-state index in [0.717, 1.165) is 4.88 Å². The van der Waals surface area contributed by atoms with Crippen LogP contribution < -0.4 is 4.06 Å². The zero-order valence-electron chi connectivity index (χ0n) is 3.96. The second-order valence-electron chi connectivity index (χ2n) is 1.21. The van der Waals surface area contributed by atoms with Crippen molar-refractivity contribution in [3.8, 4) is 0 Å². The molecule has 0 aliphatic heterocycles. The van der Waals surface area contributed by atoms with Crippen molar-refractivity contribution in [3.63, 3.8) is 0 Å². The van der Waals surface area contributed by atoms with E-state index in [1.807, 2.05) is 5.38 Å². The minimum Gasteiger partial charge on any atom is -0.265 e. The number of hydrogen-bond acceptors (Lipinski definition) is 4. The van der Waals surface area contributed by atoms with E-state index >= 15 is 0 Å². The minimum atomic E-state index is 0.161. The molecule has 0 radical (unpaired) electrons. The fourth-order valence-electron chi connectivity index (χ4n) is 0.339. The summed E-state index contributed by atoms with van der Waals surface area (Å²) in [6.07, 6.45) is 0. The van der Waals surface area contributed by atoms with E-state index in [2.05, 4.69) is 12.6 Å². The molecule has 0 aliphatic carbocycles. The first-order valence-electron chi connectivity index (χ1n) is 2.01. The minimum absolute atomic E-state index is 0.161. The van der Waals surface area contributed by atoms with Crippen molar-refractivity contribution < 1.29 is 0 Å². The van der Waals surface area contributed by atoms with Crippen LogP contribution in [0.25, 0.3) is 0 Å². The molecule has 1 nitrogen and oxygen atoms in total. The summed E-state index contributed by atoms with van der Waals surface area (Å²) >= 11 is 6.52. The standard InChI is InChI=1S/C4H4OS3/c5-4-7-2-3(1-6)8-4/h2,6H,1H2. The third-order valence-electron chi connectivity index (χ3n) is 0.657. The van der Waals surface area contributed by atoms with Gasteiger partial charge in [-0.3, -0.25) is 4.79 Å². The summed E-state index contributed by atoms with van der Waals surface area (Å²) in [7, 11) is 0. The maximum Gasteiger partial charge on any atom is 0.287 e. The van der Waals surface area contributed by atoms with E-state index in [1.54, 1.807) is 0 Å². The molecule has 0 unspecified atom stereocenters. The molecule has 1 aromatic heterocycles. The third kappa shape index (κ3) is 1.34. The summed E-state index contributed by atoms with van der Waals surface area (Å²) in [5, 5.41) is 1.85.